The van der Waals surface area contributed by atoms with E-state index in [1.165, 1.54) is 0 Å². The zero-order chi connectivity index (χ0) is 15.2. The molecule has 0 radical (unpaired) electrons. The second kappa shape index (κ2) is 7.46. The third-order valence-electron chi connectivity index (χ3n) is 3.74. The lowest BCUT2D eigenvalue weighted by atomic mass is 9.96. The number of esters is 1. The molecular formula is C16H20ClNO3. The smallest absolute Gasteiger partial charge is 0.309 e. The average Bonchev–Trinajstić information content (AvgIpc) is 2.54. The highest BCUT2D eigenvalue weighted by Crippen LogP contribution is 2.26. The lowest BCUT2D eigenvalue weighted by molar-refractivity contribution is -0.151. The number of alkyl halides is 1. The molecule has 4 nitrogen and oxygen atoms in total. The lowest BCUT2D eigenvalue weighted by Crippen LogP contribution is -2.42. The maximum absolute atomic E-state index is 12.4. The van der Waals surface area contributed by atoms with E-state index in [1.54, 1.807) is 11.8 Å². The summed E-state index contributed by atoms with van der Waals surface area (Å²) in [4.78, 5) is 25.8. The SMILES string of the molecule is CCOC(=O)C1CCN(C(=O)C(Cl)c2ccccc2)CC1. The predicted molar refractivity (Wildman–Crippen MR) is 81.0 cm³/mol. The van der Waals surface area contributed by atoms with Crippen molar-refractivity contribution in [2.24, 2.45) is 5.92 Å². The number of carbonyl (C=O) groups excluding carboxylic acids is 2. The van der Waals surface area contributed by atoms with Gasteiger partial charge in [0.25, 0.3) is 0 Å². The van der Waals surface area contributed by atoms with Crippen LogP contribution >= 0.6 is 11.6 Å². The van der Waals surface area contributed by atoms with Gasteiger partial charge in [-0.25, -0.2) is 0 Å². The zero-order valence-corrected chi connectivity index (χ0v) is 12.9. The number of nitrogens with zero attached hydrogens (tertiary/aromatic N) is 1. The Morgan fingerprint density at radius 1 is 1.29 bits per heavy atom. The molecule has 21 heavy (non-hydrogen) atoms. The van der Waals surface area contributed by atoms with Crippen LogP contribution in [0.3, 0.4) is 0 Å². The van der Waals surface area contributed by atoms with Crippen LogP contribution in [0.25, 0.3) is 0 Å². The van der Waals surface area contributed by atoms with Gasteiger partial charge in [0.2, 0.25) is 5.91 Å². The standard InChI is InChI=1S/C16H20ClNO3/c1-2-21-16(20)13-8-10-18(11-9-13)15(19)14(17)12-6-4-3-5-7-12/h3-7,13-14H,2,8-11H2,1H3. The summed E-state index contributed by atoms with van der Waals surface area (Å²) in [5.74, 6) is -0.347. The molecule has 0 aliphatic carbocycles. The molecule has 1 atom stereocenters. The number of likely N-dealkylation sites (tertiary alicyclic amines) is 1. The normalized spacial score (nSPS) is 17.3. The summed E-state index contributed by atoms with van der Waals surface area (Å²) in [6, 6.07) is 9.32. The quantitative estimate of drug-likeness (QED) is 0.634. The van der Waals surface area contributed by atoms with E-state index in [-0.39, 0.29) is 17.8 Å². The highest BCUT2D eigenvalue weighted by molar-refractivity contribution is 6.30. The molecule has 2 rings (SSSR count). The van der Waals surface area contributed by atoms with E-state index in [2.05, 4.69) is 0 Å². The van der Waals surface area contributed by atoms with Crippen molar-refractivity contribution in [2.75, 3.05) is 19.7 Å². The second-order valence-electron chi connectivity index (χ2n) is 5.12. The number of hydrogen-bond acceptors (Lipinski definition) is 3. The van der Waals surface area contributed by atoms with Crippen LogP contribution in [0.5, 0.6) is 0 Å². The van der Waals surface area contributed by atoms with Crippen molar-refractivity contribution in [2.45, 2.75) is 25.1 Å². The van der Waals surface area contributed by atoms with Gasteiger partial charge in [0.15, 0.2) is 0 Å². The Hall–Kier alpha value is -1.55. The monoisotopic (exact) mass is 309 g/mol. The molecule has 1 aromatic carbocycles. The van der Waals surface area contributed by atoms with Crippen LogP contribution in [-0.4, -0.2) is 36.5 Å². The van der Waals surface area contributed by atoms with Gasteiger partial charge >= 0.3 is 5.97 Å². The first kappa shape index (κ1) is 15.8. The van der Waals surface area contributed by atoms with E-state index in [1.807, 2.05) is 30.3 Å². The van der Waals surface area contributed by atoms with Gasteiger partial charge in [0, 0.05) is 13.1 Å². The predicted octanol–water partition coefficient (Wildman–Crippen LogP) is 2.77. The minimum Gasteiger partial charge on any atom is -0.466 e. The van der Waals surface area contributed by atoms with Crippen LogP contribution in [0.1, 0.15) is 30.7 Å². The second-order valence-corrected chi connectivity index (χ2v) is 5.56. The first-order valence-electron chi connectivity index (χ1n) is 7.28. The number of ether oxygens (including phenoxy) is 1. The Morgan fingerprint density at radius 3 is 2.48 bits per heavy atom. The summed E-state index contributed by atoms with van der Waals surface area (Å²) in [6.45, 7) is 3.31. The summed E-state index contributed by atoms with van der Waals surface area (Å²) in [5, 5.41) is -0.662. The summed E-state index contributed by atoms with van der Waals surface area (Å²) < 4.78 is 5.03. The van der Waals surface area contributed by atoms with Crippen molar-refractivity contribution in [3.8, 4) is 0 Å². The van der Waals surface area contributed by atoms with Crippen molar-refractivity contribution in [1.82, 2.24) is 4.90 Å². The minimum atomic E-state index is -0.662. The van der Waals surface area contributed by atoms with E-state index < -0.39 is 5.38 Å². The highest BCUT2D eigenvalue weighted by atomic mass is 35.5. The Kier molecular flexibility index (Phi) is 5.62. The average molecular weight is 310 g/mol. The molecule has 0 aromatic heterocycles. The lowest BCUT2D eigenvalue weighted by Gasteiger charge is -2.32. The maximum atomic E-state index is 12.4. The van der Waals surface area contributed by atoms with Gasteiger partial charge in [-0.2, -0.15) is 0 Å². The van der Waals surface area contributed by atoms with Crippen LogP contribution in [0, 0.1) is 5.92 Å². The molecule has 1 heterocycles. The van der Waals surface area contributed by atoms with Crippen molar-refractivity contribution in [3.63, 3.8) is 0 Å². The fourth-order valence-corrected chi connectivity index (χ4v) is 2.80. The van der Waals surface area contributed by atoms with Crippen LogP contribution in [0.4, 0.5) is 0 Å². The molecule has 0 saturated carbocycles. The number of rotatable bonds is 4. The summed E-state index contributed by atoms with van der Waals surface area (Å²) in [6.07, 6.45) is 1.28. The Bertz CT molecular complexity index is 484. The van der Waals surface area contributed by atoms with E-state index in [4.69, 9.17) is 16.3 Å². The van der Waals surface area contributed by atoms with Gasteiger partial charge in [-0.3, -0.25) is 9.59 Å². The van der Waals surface area contributed by atoms with Crippen molar-refractivity contribution in [1.29, 1.82) is 0 Å². The number of halogens is 1. The van der Waals surface area contributed by atoms with Gasteiger partial charge < -0.3 is 9.64 Å². The Labute approximate surface area is 130 Å². The molecule has 114 valence electrons. The zero-order valence-electron chi connectivity index (χ0n) is 12.1. The summed E-state index contributed by atoms with van der Waals surface area (Å²) in [7, 11) is 0. The molecule has 1 unspecified atom stereocenters. The van der Waals surface area contributed by atoms with Crippen molar-refractivity contribution in [3.05, 3.63) is 35.9 Å². The summed E-state index contributed by atoms with van der Waals surface area (Å²) in [5.41, 5.74) is 0.802. The van der Waals surface area contributed by atoms with Gasteiger partial charge in [-0.1, -0.05) is 30.3 Å². The van der Waals surface area contributed by atoms with Crippen LogP contribution in [0.15, 0.2) is 30.3 Å². The highest BCUT2D eigenvalue weighted by Gasteiger charge is 2.31. The minimum absolute atomic E-state index is 0.0924. The number of benzene rings is 1. The third kappa shape index (κ3) is 3.97. The molecule has 0 N–H and O–H groups in total. The third-order valence-corrected chi connectivity index (χ3v) is 4.17. The Morgan fingerprint density at radius 2 is 1.90 bits per heavy atom. The Balaban J connectivity index is 1.90. The van der Waals surface area contributed by atoms with Crippen LogP contribution in [0.2, 0.25) is 0 Å². The van der Waals surface area contributed by atoms with E-state index in [0.717, 1.165) is 5.56 Å². The molecule has 0 bridgehead atoms. The number of amides is 1. The van der Waals surface area contributed by atoms with E-state index >= 15 is 0 Å². The molecule has 1 aliphatic rings. The van der Waals surface area contributed by atoms with Gasteiger partial charge in [-0.05, 0) is 25.3 Å². The molecule has 5 heteroatoms. The van der Waals surface area contributed by atoms with Crippen LogP contribution < -0.4 is 0 Å². The number of hydrogen-bond donors (Lipinski definition) is 0. The molecule has 1 aromatic rings. The molecule has 1 aliphatic heterocycles. The fourth-order valence-electron chi connectivity index (χ4n) is 2.52. The van der Waals surface area contributed by atoms with E-state index in [9.17, 15) is 9.59 Å². The molecule has 1 amide bonds. The van der Waals surface area contributed by atoms with Crippen LogP contribution in [-0.2, 0) is 14.3 Å². The molecule has 1 fully saturated rings. The fraction of sp³-hybridized carbons (Fsp3) is 0.500. The van der Waals surface area contributed by atoms with Crippen molar-refractivity contribution >= 4 is 23.5 Å². The van der Waals surface area contributed by atoms with Crippen molar-refractivity contribution < 1.29 is 14.3 Å². The largest absolute Gasteiger partial charge is 0.466 e. The topological polar surface area (TPSA) is 46.6 Å². The number of piperidine rings is 1. The molecule has 1 saturated heterocycles. The first-order valence-corrected chi connectivity index (χ1v) is 7.71. The number of carbonyl (C=O) groups is 2. The van der Waals surface area contributed by atoms with E-state index in [0.29, 0.717) is 32.5 Å². The summed E-state index contributed by atoms with van der Waals surface area (Å²) >= 11 is 6.26. The first-order chi connectivity index (χ1) is 10.1. The van der Waals surface area contributed by atoms with Gasteiger partial charge in [0.1, 0.15) is 5.38 Å². The van der Waals surface area contributed by atoms with Gasteiger partial charge in [-0.15, -0.1) is 11.6 Å². The maximum Gasteiger partial charge on any atom is 0.309 e. The molecular weight excluding hydrogens is 290 g/mol. The van der Waals surface area contributed by atoms with Gasteiger partial charge in [0.05, 0.1) is 12.5 Å². The molecule has 0 spiro atoms.